The summed E-state index contributed by atoms with van der Waals surface area (Å²) >= 11 is 0. The van der Waals surface area contributed by atoms with Crippen LogP contribution < -0.4 is 9.64 Å². The molecule has 0 bridgehead atoms. The summed E-state index contributed by atoms with van der Waals surface area (Å²) in [6.07, 6.45) is 0. The number of rotatable bonds is 1. The zero-order chi connectivity index (χ0) is 19.4. The lowest BCUT2D eigenvalue weighted by atomic mass is 10.00. The van der Waals surface area contributed by atoms with Crippen molar-refractivity contribution in [3.8, 4) is 5.75 Å². The van der Waals surface area contributed by atoms with Crippen LogP contribution in [0.1, 0.15) is 11.1 Å². The second-order valence-corrected chi connectivity index (χ2v) is 7.52. The van der Waals surface area contributed by atoms with Crippen molar-refractivity contribution >= 4 is 38.5 Å². The number of benzene rings is 4. The molecular weight excluding hydrogens is 358 g/mol. The molecule has 4 aromatic carbocycles. The van der Waals surface area contributed by atoms with E-state index >= 15 is 0 Å². The largest absolute Gasteiger partial charge is 0.472 e. The Kier molecular flexibility index (Phi) is 3.47. The van der Waals surface area contributed by atoms with Crippen LogP contribution in [-0.4, -0.2) is 16.7 Å². The molecule has 1 aliphatic rings. The van der Waals surface area contributed by atoms with E-state index in [-0.39, 0.29) is 0 Å². The van der Waals surface area contributed by atoms with Gasteiger partial charge in [0.2, 0.25) is 0 Å². The van der Waals surface area contributed by atoms with Gasteiger partial charge in [0.05, 0.1) is 28.6 Å². The Hall–Kier alpha value is -3.66. The van der Waals surface area contributed by atoms with E-state index < -0.39 is 0 Å². The number of ether oxygens (including phenoxy) is 1. The van der Waals surface area contributed by atoms with Crippen molar-refractivity contribution in [2.24, 2.45) is 0 Å². The molecule has 140 valence electrons. The van der Waals surface area contributed by atoms with Gasteiger partial charge in [-0.05, 0) is 30.7 Å². The first-order valence-electron chi connectivity index (χ1n) is 9.83. The predicted molar refractivity (Wildman–Crippen MR) is 117 cm³/mol. The van der Waals surface area contributed by atoms with Gasteiger partial charge in [0.25, 0.3) is 0 Å². The molecule has 0 unspecified atom stereocenters. The SMILES string of the molecule is Cc1ccccc1N1COc2c(c3nc4ccccc4nc3c3ccccc23)C1. The summed E-state index contributed by atoms with van der Waals surface area (Å²) in [5.74, 6) is 0.933. The molecule has 5 aromatic rings. The summed E-state index contributed by atoms with van der Waals surface area (Å²) in [6.45, 7) is 3.40. The van der Waals surface area contributed by atoms with Crippen LogP contribution in [0.5, 0.6) is 5.75 Å². The first-order chi connectivity index (χ1) is 14.3. The van der Waals surface area contributed by atoms with Crippen LogP contribution in [0.3, 0.4) is 0 Å². The minimum atomic E-state index is 0.522. The van der Waals surface area contributed by atoms with Gasteiger partial charge in [-0.3, -0.25) is 0 Å². The molecule has 6 rings (SSSR count). The highest BCUT2D eigenvalue weighted by Crippen LogP contribution is 2.41. The van der Waals surface area contributed by atoms with Gasteiger partial charge in [0.15, 0.2) is 6.73 Å². The van der Waals surface area contributed by atoms with E-state index in [1.54, 1.807) is 0 Å². The number of nitrogens with zero attached hydrogens (tertiary/aromatic N) is 3. The van der Waals surface area contributed by atoms with Crippen LogP contribution in [0.25, 0.3) is 32.8 Å². The second-order valence-electron chi connectivity index (χ2n) is 7.52. The molecule has 4 nitrogen and oxygen atoms in total. The summed E-state index contributed by atoms with van der Waals surface area (Å²) in [5.41, 5.74) is 7.22. The van der Waals surface area contributed by atoms with Gasteiger partial charge in [-0.1, -0.05) is 54.6 Å². The second kappa shape index (κ2) is 6.17. The molecule has 0 atom stereocenters. The molecule has 2 heterocycles. The van der Waals surface area contributed by atoms with E-state index in [9.17, 15) is 0 Å². The van der Waals surface area contributed by atoms with Gasteiger partial charge >= 0.3 is 0 Å². The molecule has 29 heavy (non-hydrogen) atoms. The fourth-order valence-corrected chi connectivity index (χ4v) is 4.32. The first-order valence-corrected chi connectivity index (χ1v) is 9.83. The van der Waals surface area contributed by atoms with Gasteiger partial charge in [-0.15, -0.1) is 0 Å². The molecule has 0 spiro atoms. The van der Waals surface area contributed by atoms with Crippen LogP contribution in [0, 0.1) is 6.92 Å². The quantitative estimate of drug-likeness (QED) is 0.281. The molecule has 0 fully saturated rings. The summed E-state index contributed by atoms with van der Waals surface area (Å²) in [7, 11) is 0. The molecule has 4 heteroatoms. The zero-order valence-corrected chi connectivity index (χ0v) is 16.1. The van der Waals surface area contributed by atoms with Gasteiger partial charge in [-0.25, -0.2) is 9.97 Å². The van der Waals surface area contributed by atoms with Crippen LogP contribution in [0.15, 0.2) is 72.8 Å². The third-order valence-electron chi connectivity index (χ3n) is 5.73. The number of aromatic nitrogens is 2. The Morgan fingerprint density at radius 1 is 0.759 bits per heavy atom. The molecule has 0 N–H and O–H groups in total. The Morgan fingerprint density at radius 3 is 2.21 bits per heavy atom. The molecule has 1 aliphatic heterocycles. The van der Waals surface area contributed by atoms with Gasteiger partial charge < -0.3 is 9.64 Å². The number of para-hydroxylation sites is 3. The standard InChI is InChI=1S/C25H19N3O/c1-16-8-2-7-13-22(16)28-14-19-24-23(26-20-11-5-6-12-21(20)27-24)17-9-3-4-10-18(17)25(19)29-15-28/h2-13H,14-15H2,1H3. The van der Waals surface area contributed by atoms with E-state index in [4.69, 9.17) is 14.7 Å². The highest BCUT2D eigenvalue weighted by Gasteiger charge is 2.25. The lowest BCUT2D eigenvalue weighted by molar-refractivity contribution is 0.294. The maximum Gasteiger partial charge on any atom is 0.161 e. The molecule has 0 saturated carbocycles. The van der Waals surface area contributed by atoms with Gasteiger partial charge in [-0.2, -0.15) is 0 Å². The number of hydrogen-bond donors (Lipinski definition) is 0. The van der Waals surface area contributed by atoms with Crippen molar-refractivity contribution in [1.29, 1.82) is 0 Å². The van der Waals surface area contributed by atoms with E-state index in [0.717, 1.165) is 50.7 Å². The minimum Gasteiger partial charge on any atom is -0.472 e. The fourth-order valence-electron chi connectivity index (χ4n) is 4.32. The molecule has 0 saturated heterocycles. The third-order valence-corrected chi connectivity index (χ3v) is 5.73. The summed E-state index contributed by atoms with van der Waals surface area (Å²) in [5, 5.41) is 2.19. The van der Waals surface area contributed by atoms with Crippen LogP contribution in [0.2, 0.25) is 0 Å². The molecule has 0 aliphatic carbocycles. The lowest BCUT2D eigenvalue weighted by Crippen LogP contribution is -2.32. The van der Waals surface area contributed by atoms with Gasteiger partial charge in [0.1, 0.15) is 5.75 Å². The first kappa shape index (κ1) is 16.3. The van der Waals surface area contributed by atoms with Crippen molar-refractivity contribution in [2.75, 3.05) is 11.6 Å². The minimum absolute atomic E-state index is 0.522. The third kappa shape index (κ3) is 2.46. The maximum absolute atomic E-state index is 6.34. The average molecular weight is 377 g/mol. The molecule has 1 aromatic heterocycles. The number of hydrogen-bond acceptors (Lipinski definition) is 4. The van der Waals surface area contributed by atoms with Crippen LogP contribution in [0.4, 0.5) is 5.69 Å². The van der Waals surface area contributed by atoms with Crippen molar-refractivity contribution < 1.29 is 4.74 Å². The van der Waals surface area contributed by atoms with Crippen molar-refractivity contribution in [1.82, 2.24) is 9.97 Å². The van der Waals surface area contributed by atoms with Crippen LogP contribution >= 0.6 is 0 Å². The Morgan fingerprint density at radius 2 is 1.41 bits per heavy atom. The van der Waals surface area contributed by atoms with Crippen molar-refractivity contribution in [2.45, 2.75) is 13.5 Å². The van der Waals surface area contributed by atoms with Crippen molar-refractivity contribution in [3.05, 3.63) is 83.9 Å². The number of anilines is 1. The summed E-state index contributed by atoms with van der Waals surface area (Å²) in [6, 6.07) is 24.8. The van der Waals surface area contributed by atoms with E-state index in [1.165, 1.54) is 11.3 Å². The zero-order valence-electron chi connectivity index (χ0n) is 16.1. The normalized spacial score (nSPS) is 13.6. The monoisotopic (exact) mass is 377 g/mol. The molecular formula is C25H19N3O. The van der Waals surface area contributed by atoms with E-state index in [0.29, 0.717) is 6.73 Å². The van der Waals surface area contributed by atoms with E-state index in [2.05, 4.69) is 54.3 Å². The topological polar surface area (TPSA) is 38.2 Å². The predicted octanol–water partition coefficient (Wildman–Crippen LogP) is 5.60. The van der Waals surface area contributed by atoms with Gasteiger partial charge in [0, 0.05) is 22.0 Å². The Labute approximate surface area is 168 Å². The maximum atomic E-state index is 6.34. The smallest absolute Gasteiger partial charge is 0.161 e. The number of fused-ring (bicyclic) bond motifs is 7. The van der Waals surface area contributed by atoms with Crippen LogP contribution in [-0.2, 0) is 6.54 Å². The lowest BCUT2D eigenvalue weighted by Gasteiger charge is -2.33. The highest BCUT2D eigenvalue weighted by atomic mass is 16.5. The molecule has 0 radical (unpaired) electrons. The van der Waals surface area contributed by atoms with Crippen molar-refractivity contribution in [3.63, 3.8) is 0 Å². The summed E-state index contributed by atoms with van der Waals surface area (Å²) < 4.78 is 6.34. The highest BCUT2D eigenvalue weighted by molar-refractivity contribution is 6.10. The fraction of sp³-hybridized carbons (Fsp3) is 0.120. The summed E-state index contributed by atoms with van der Waals surface area (Å²) in [4.78, 5) is 12.3. The Balaban J connectivity index is 1.66. The number of aryl methyl sites for hydroxylation is 1. The molecule has 0 amide bonds. The average Bonchev–Trinajstić information content (AvgIpc) is 2.78. The van der Waals surface area contributed by atoms with E-state index in [1.807, 2.05) is 30.3 Å². The Bertz CT molecular complexity index is 1410.